The molecule has 0 aromatic heterocycles. The van der Waals surface area contributed by atoms with Gasteiger partial charge >= 0.3 is 0 Å². The summed E-state index contributed by atoms with van der Waals surface area (Å²) in [6.45, 7) is 0. The maximum Gasteiger partial charge on any atom is 0.0347 e. The second kappa shape index (κ2) is 4.41. The Morgan fingerprint density at radius 1 is 0.688 bits per heavy atom. The van der Waals surface area contributed by atoms with Gasteiger partial charge in [0.15, 0.2) is 0 Å². The Balaban J connectivity index is 2.31. The molecule has 0 unspecified atom stereocenters. The molecule has 0 saturated carbocycles. The largest absolute Gasteiger partial charge is 0.399 e. The van der Waals surface area contributed by atoms with Gasteiger partial charge in [0, 0.05) is 22.5 Å². The maximum atomic E-state index is 5.68. The van der Waals surface area contributed by atoms with Crippen molar-refractivity contribution in [1.82, 2.24) is 0 Å². The summed E-state index contributed by atoms with van der Waals surface area (Å²) in [4.78, 5) is 0. The molecule has 0 aliphatic rings. The first-order valence-corrected chi connectivity index (χ1v) is 4.97. The summed E-state index contributed by atoms with van der Waals surface area (Å²) in [6.07, 6.45) is 0. The molecule has 2 aromatic carbocycles. The Hall–Kier alpha value is -2.40. The van der Waals surface area contributed by atoms with Gasteiger partial charge in [-0.2, -0.15) is 0 Å². The van der Waals surface area contributed by atoms with Crippen LogP contribution in [0.5, 0.6) is 0 Å². The summed E-state index contributed by atoms with van der Waals surface area (Å²) in [7, 11) is 0. The van der Waals surface area contributed by atoms with Gasteiger partial charge < -0.3 is 11.5 Å². The molecule has 0 fully saturated rings. The van der Waals surface area contributed by atoms with Crippen LogP contribution in [0.2, 0.25) is 0 Å². The van der Waals surface area contributed by atoms with Crippen LogP contribution in [-0.2, 0) is 0 Å². The summed E-state index contributed by atoms with van der Waals surface area (Å²) in [5, 5.41) is 0. The van der Waals surface area contributed by atoms with E-state index in [1.54, 1.807) is 6.07 Å². The van der Waals surface area contributed by atoms with E-state index in [4.69, 9.17) is 11.5 Å². The molecule has 0 saturated heterocycles. The Labute approximate surface area is 94.9 Å². The highest BCUT2D eigenvalue weighted by Crippen LogP contribution is 2.12. The van der Waals surface area contributed by atoms with Gasteiger partial charge in [0.05, 0.1) is 0 Å². The fraction of sp³-hybridized carbons (Fsp3) is 0. The molecule has 0 radical (unpaired) electrons. The van der Waals surface area contributed by atoms with Crippen molar-refractivity contribution < 1.29 is 0 Å². The molecule has 2 heteroatoms. The summed E-state index contributed by atoms with van der Waals surface area (Å²) < 4.78 is 0. The van der Waals surface area contributed by atoms with Crippen molar-refractivity contribution in [3.8, 4) is 11.8 Å². The van der Waals surface area contributed by atoms with Crippen LogP contribution < -0.4 is 11.5 Å². The van der Waals surface area contributed by atoms with Crippen molar-refractivity contribution in [3.05, 3.63) is 59.7 Å². The predicted molar refractivity (Wildman–Crippen MR) is 67.7 cm³/mol. The number of rotatable bonds is 0. The lowest BCUT2D eigenvalue weighted by Gasteiger charge is -1.97. The highest BCUT2D eigenvalue weighted by Gasteiger charge is 1.92. The number of hydrogen-bond acceptors (Lipinski definition) is 2. The number of nitrogen functional groups attached to an aromatic ring is 2. The molecular weight excluding hydrogens is 196 g/mol. The zero-order valence-electron chi connectivity index (χ0n) is 8.77. The van der Waals surface area contributed by atoms with Crippen LogP contribution >= 0.6 is 0 Å². The molecule has 2 aromatic rings. The zero-order valence-corrected chi connectivity index (χ0v) is 8.77. The Bertz CT molecular complexity index is 528. The van der Waals surface area contributed by atoms with Crippen LogP contribution in [0.1, 0.15) is 11.1 Å². The second-order valence-corrected chi connectivity index (χ2v) is 3.50. The predicted octanol–water partition coefficient (Wildman–Crippen LogP) is 2.25. The van der Waals surface area contributed by atoms with Gasteiger partial charge in [-0.05, 0) is 30.3 Å². The summed E-state index contributed by atoms with van der Waals surface area (Å²) in [5.41, 5.74) is 14.4. The van der Waals surface area contributed by atoms with Crippen molar-refractivity contribution in [1.29, 1.82) is 0 Å². The molecule has 0 heterocycles. The SMILES string of the molecule is Nc1cc(N)cc(C#Cc2ccccc2)c1. The third-order valence-corrected chi connectivity index (χ3v) is 2.10. The fourth-order valence-corrected chi connectivity index (χ4v) is 1.41. The van der Waals surface area contributed by atoms with E-state index in [1.165, 1.54) is 0 Å². The molecule has 16 heavy (non-hydrogen) atoms. The van der Waals surface area contributed by atoms with E-state index >= 15 is 0 Å². The van der Waals surface area contributed by atoms with Crippen molar-refractivity contribution in [2.45, 2.75) is 0 Å². The standard InChI is InChI=1S/C14H12N2/c15-13-8-12(9-14(16)10-13)7-6-11-4-2-1-3-5-11/h1-5,8-10H,15-16H2. The molecule has 0 aliphatic heterocycles. The van der Waals surface area contributed by atoms with Gasteiger partial charge in [-0.3, -0.25) is 0 Å². The van der Waals surface area contributed by atoms with E-state index in [2.05, 4.69) is 11.8 Å². The highest BCUT2D eigenvalue weighted by molar-refractivity contribution is 5.58. The highest BCUT2D eigenvalue weighted by atomic mass is 14.6. The Kier molecular flexibility index (Phi) is 2.79. The average molecular weight is 208 g/mol. The average Bonchev–Trinajstić information content (AvgIpc) is 2.27. The van der Waals surface area contributed by atoms with Crippen molar-refractivity contribution in [3.63, 3.8) is 0 Å². The van der Waals surface area contributed by atoms with Crippen molar-refractivity contribution in [2.75, 3.05) is 11.5 Å². The third kappa shape index (κ3) is 2.55. The van der Waals surface area contributed by atoms with Gasteiger partial charge in [-0.15, -0.1) is 0 Å². The number of anilines is 2. The first kappa shape index (κ1) is 10.1. The molecule has 0 atom stereocenters. The van der Waals surface area contributed by atoms with E-state index in [-0.39, 0.29) is 0 Å². The zero-order chi connectivity index (χ0) is 11.4. The van der Waals surface area contributed by atoms with Crippen LogP contribution in [-0.4, -0.2) is 0 Å². The minimum Gasteiger partial charge on any atom is -0.399 e. The van der Waals surface area contributed by atoms with Gasteiger partial charge in [-0.25, -0.2) is 0 Å². The topological polar surface area (TPSA) is 52.0 Å². The smallest absolute Gasteiger partial charge is 0.0347 e. The molecule has 2 rings (SSSR count). The first-order chi connectivity index (χ1) is 7.74. The molecule has 2 nitrogen and oxygen atoms in total. The minimum atomic E-state index is 0.636. The fourth-order valence-electron chi connectivity index (χ4n) is 1.41. The Morgan fingerprint density at radius 3 is 1.88 bits per heavy atom. The van der Waals surface area contributed by atoms with E-state index < -0.39 is 0 Å². The molecule has 0 spiro atoms. The lowest BCUT2D eigenvalue weighted by Crippen LogP contribution is -1.91. The van der Waals surface area contributed by atoms with E-state index in [9.17, 15) is 0 Å². The summed E-state index contributed by atoms with van der Waals surface area (Å²) in [5.74, 6) is 6.09. The van der Waals surface area contributed by atoms with Crippen molar-refractivity contribution in [2.24, 2.45) is 0 Å². The van der Waals surface area contributed by atoms with E-state index in [0.29, 0.717) is 11.4 Å². The molecule has 0 amide bonds. The second-order valence-electron chi connectivity index (χ2n) is 3.50. The molecular formula is C14H12N2. The van der Waals surface area contributed by atoms with E-state index in [1.807, 2.05) is 42.5 Å². The van der Waals surface area contributed by atoms with Crippen LogP contribution in [0.3, 0.4) is 0 Å². The Morgan fingerprint density at radius 2 is 1.25 bits per heavy atom. The maximum absolute atomic E-state index is 5.68. The molecule has 4 N–H and O–H groups in total. The number of benzene rings is 2. The minimum absolute atomic E-state index is 0.636. The van der Waals surface area contributed by atoms with Gasteiger partial charge in [0.1, 0.15) is 0 Å². The van der Waals surface area contributed by atoms with Gasteiger partial charge in [-0.1, -0.05) is 30.0 Å². The van der Waals surface area contributed by atoms with Gasteiger partial charge in [0.2, 0.25) is 0 Å². The summed E-state index contributed by atoms with van der Waals surface area (Å²) >= 11 is 0. The van der Waals surface area contributed by atoms with Crippen molar-refractivity contribution >= 4 is 11.4 Å². The normalized spacial score (nSPS) is 9.25. The summed E-state index contributed by atoms with van der Waals surface area (Å²) in [6, 6.07) is 15.1. The van der Waals surface area contributed by atoms with Crippen LogP contribution in [0.15, 0.2) is 48.5 Å². The van der Waals surface area contributed by atoms with Crippen LogP contribution in [0.25, 0.3) is 0 Å². The molecule has 0 bridgehead atoms. The quantitative estimate of drug-likeness (QED) is 0.515. The van der Waals surface area contributed by atoms with E-state index in [0.717, 1.165) is 11.1 Å². The molecule has 0 aliphatic carbocycles. The number of hydrogen-bond donors (Lipinski definition) is 2. The lowest BCUT2D eigenvalue weighted by atomic mass is 10.1. The first-order valence-electron chi connectivity index (χ1n) is 4.97. The number of nitrogens with two attached hydrogens (primary N) is 2. The van der Waals surface area contributed by atoms with Gasteiger partial charge in [0.25, 0.3) is 0 Å². The molecule has 78 valence electrons. The van der Waals surface area contributed by atoms with Crippen LogP contribution in [0.4, 0.5) is 11.4 Å². The van der Waals surface area contributed by atoms with Crippen LogP contribution in [0, 0.1) is 11.8 Å². The monoisotopic (exact) mass is 208 g/mol. The third-order valence-electron chi connectivity index (χ3n) is 2.10. The lowest BCUT2D eigenvalue weighted by molar-refractivity contribution is 1.61.